The summed E-state index contributed by atoms with van der Waals surface area (Å²) in [6, 6.07) is 0. The van der Waals surface area contributed by atoms with E-state index in [9.17, 15) is 5.11 Å². The minimum atomic E-state index is -0.142. The van der Waals surface area contributed by atoms with Crippen molar-refractivity contribution in [3.05, 3.63) is 5.89 Å². The van der Waals surface area contributed by atoms with Gasteiger partial charge in [0.25, 0.3) is 5.95 Å². The summed E-state index contributed by atoms with van der Waals surface area (Å²) in [4.78, 5) is 8.30. The van der Waals surface area contributed by atoms with Crippen LogP contribution in [0, 0.1) is 0 Å². The Morgan fingerprint density at radius 2 is 2.12 bits per heavy atom. The van der Waals surface area contributed by atoms with E-state index in [2.05, 4.69) is 15.0 Å². The predicted molar refractivity (Wildman–Crippen MR) is 59.1 cm³/mol. The zero-order valence-electron chi connectivity index (χ0n) is 9.76. The molecule has 0 spiro atoms. The third-order valence-corrected chi connectivity index (χ3v) is 2.77. The number of rotatable bonds is 3. The highest BCUT2D eigenvalue weighted by Crippen LogP contribution is 2.14. The minimum absolute atomic E-state index is 0.142. The molecular formula is C10H18N4O2. The Bertz CT molecular complexity index is 331. The molecule has 0 atom stereocenters. The van der Waals surface area contributed by atoms with Crippen LogP contribution in [0.4, 0.5) is 5.95 Å². The molecule has 1 aromatic rings. The number of nitrogens with zero attached hydrogens (tertiary/aromatic N) is 4. The van der Waals surface area contributed by atoms with Crippen molar-refractivity contribution in [2.24, 2.45) is 0 Å². The number of likely N-dealkylation sites (tertiary alicyclic amines) is 1. The summed E-state index contributed by atoms with van der Waals surface area (Å²) < 4.78 is 5.15. The quantitative estimate of drug-likeness (QED) is 0.788. The van der Waals surface area contributed by atoms with Gasteiger partial charge in [-0.3, -0.25) is 4.90 Å². The first-order valence-corrected chi connectivity index (χ1v) is 5.55. The topological polar surface area (TPSA) is 65.6 Å². The van der Waals surface area contributed by atoms with Crippen molar-refractivity contribution in [1.29, 1.82) is 0 Å². The molecular weight excluding hydrogens is 208 g/mol. The fraction of sp³-hybridized carbons (Fsp3) is 0.800. The summed E-state index contributed by atoms with van der Waals surface area (Å²) in [7, 11) is 3.76. The molecule has 2 heterocycles. The lowest BCUT2D eigenvalue weighted by atomic mass is 10.1. The fourth-order valence-corrected chi connectivity index (χ4v) is 1.76. The third kappa shape index (κ3) is 2.70. The van der Waals surface area contributed by atoms with Crippen molar-refractivity contribution >= 4 is 5.95 Å². The van der Waals surface area contributed by atoms with Gasteiger partial charge in [-0.2, -0.15) is 4.98 Å². The molecule has 0 amide bonds. The molecule has 0 saturated carbocycles. The molecule has 0 unspecified atom stereocenters. The Balaban J connectivity index is 1.88. The average molecular weight is 226 g/mol. The van der Waals surface area contributed by atoms with Crippen LogP contribution in [-0.2, 0) is 6.54 Å². The standard InChI is InChI=1S/C10H18N4O2/c1-13(2)10-11-9(16-12-10)7-14-5-3-8(15)4-6-14/h8,15H,3-7H2,1-2H3. The van der Waals surface area contributed by atoms with Crippen LogP contribution >= 0.6 is 0 Å². The van der Waals surface area contributed by atoms with Crippen LogP contribution in [0.2, 0.25) is 0 Å². The van der Waals surface area contributed by atoms with E-state index in [0.29, 0.717) is 18.4 Å². The minimum Gasteiger partial charge on any atom is -0.393 e. The van der Waals surface area contributed by atoms with Gasteiger partial charge in [0.1, 0.15) is 0 Å². The molecule has 16 heavy (non-hydrogen) atoms. The van der Waals surface area contributed by atoms with Crippen molar-refractivity contribution in [1.82, 2.24) is 15.0 Å². The second kappa shape index (κ2) is 4.80. The average Bonchev–Trinajstić information content (AvgIpc) is 2.70. The Hall–Kier alpha value is -1.14. The molecule has 90 valence electrons. The summed E-state index contributed by atoms with van der Waals surface area (Å²) in [6.45, 7) is 2.45. The Labute approximate surface area is 94.8 Å². The second-order valence-corrected chi connectivity index (χ2v) is 4.39. The first-order chi connectivity index (χ1) is 7.65. The van der Waals surface area contributed by atoms with E-state index >= 15 is 0 Å². The van der Waals surface area contributed by atoms with Crippen molar-refractivity contribution in [2.75, 3.05) is 32.1 Å². The monoisotopic (exact) mass is 226 g/mol. The first-order valence-electron chi connectivity index (χ1n) is 5.55. The van der Waals surface area contributed by atoms with Gasteiger partial charge in [-0.1, -0.05) is 0 Å². The van der Waals surface area contributed by atoms with E-state index in [-0.39, 0.29) is 6.10 Å². The molecule has 1 aliphatic heterocycles. The molecule has 1 aromatic heterocycles. The van der Waals surface area contributed by atoms with Gasteiger partial charge >= 0.3 is 0 Å². The lowest BCUT2D eigenvalue weighted by molar-refractivity contribution is 0.0740. The Kier molecular flexibility index (Phi) is 3.40. The van der Waals surface area contributed by atoms with Gasteiger partial charge in [-0.25, -0.2) is 0 Å². The lowest BCUT2D eigenvalue weighted by Gasteiger charge is -2.27. The van der Waals surface area contributed by atoms with E-state index in [1.807, 2.05) is 19.0 Å². The first kappa shape index (κ1) is 11.3. The van der Waals surface area contributed by atoms with E-state index in [4.69, 9.17) is 4.52 Å². The summed E-state index contributed by atoms with van der Waals surface area (Å²) in [5, 5.41) is 13.2. The molecule has 0 aromatic carbocycles. The normalized spacial score (nSPS) is 18.9. The smallest absolute Gasteiger partial charge is 0.265 e. The van der Waals surface area contributed by atoms with Gasteiger partial charge in [-0.15, -0.1) is 0 Å². The SMILES string of the molecule is CN(C)c1noc(CN2CCC(O)CC2)n1. The number of aliphatic hydroxyl groups excluding tert-OH is 1. The van der Waals surface area contributed by atoms with Crippen LogP contribution in [0.15, 0.2) is 4.52 Å². The molecule has 0 aliphatic carbocycles. The van der Waals surface area contributed by atoms with Crippen molar-refractivity contribution in [2.45, 2.75) is 25.5 Å². The van der Waals surface area contributed by atoms with Crippen LogP contribution in [0.5, 0.6) is 0 Å². The molecule has 0 bridgehead atoms. The molecule has 0 radical (unpaired) electrons. The highest BCUT2D eigenvalue weighted by Gasteiger charge is 2.19. The van der Waals surface area contributed by atoms with Crippen LogP contribution in [0.25, 0.3) is 0 Å². The van der Waals surface area contributed by atoms with Crippen LogP contribution < -0.4 is 4.90 Å². The van der Waals surface area contributed by atoms with Crippen LogP contribution in [-0.4, -0.2) is 53.4 Å². The molecule has 2 rings (SSSR count). The zero-order valence-corrected chi connectivity index (χ0v) is 9.76. The molecule has 6 heteroatoms. The van der Waals surface area contributed by atoms with Gasteiger partial charge < -0.3 is 14.5 Å². The Morgan fingerprint density at radius 3 is 2.69 bits per heavy atom. The predicted octanol–water partition coefficient (Wildman–Crippen LogP) is 0.0923. The van der Waals surface area contributed by atoms with Gasteiger partial charge in [-0.05, 0) is 18.0 Å². The van der Waals surface area contributed by atoms with E-state index < -0.39 is 0 Å². The maximum Gasteiger partial charge on any atom is 0.265 e. The third-order valence-electron chi connectivity index (χ3n) is 2.77. The van der Waals surface area contributed by atoms with Crippen molar-refractivity contribution in [3.8, 4) is 0 Å². The lowest BCUT2D eigenvalue weighted by Crippen LogP contribution is -2.35. The number of aliphatic hydroxyl groups is 1. The van der Waals surface area contributed by atoms with E-state index in [1.165, 1.54) is 0 Å². The van der Waals surface area contributed by atoms with Crippen molar-refractivity contribution in [3.63, 3.8) is 0 Å². The van der Waals surface area contributed by atoms with Crippen molar-refractivity contribution < 1.29 is 9.63 Å². The maximum atomic E-state index is 9.39. The fourth-order valence-electron chi connectivity index (χ4n) is 1.76. The maximum absolute atomic E-state index is 9.39. The number of aromatic nitrogens is 2. The number of hydrogen-bond acceptors (Lipinski definition) is 6. The van der Waals surface area contributed by atoms with E-state index in [0.717, 1.165) is 25.9 Å². The largest absolute Gasteiger partial charge is 0.393 e. The number of hydrogen-bond donors (Lipinski definition) is 1. The van der Waals surface area contributed by atoms with E-state index in [1.54, 1.807) is 0 Å². The summed E-state index contributed by atoms with van der Waals surface area (Å²) in [5.41, 5.74) is 0. The highest BCUT2D eigenvalue weighted by atomic mass is 16.5. The molecule has 6 nitrogen and oxygen atoms in total. The zero-order chi connectivity index (χ0) is 11.5. The summed E-state index contributed by atoms with van der Waals surface area (Å²) in [6.07, 6.45) is 1.51. The second-order valence-electron chi connectivity index (χ2n) is 4.39. The highest BCUT2D eigenvalue weighted by molar-refractivity contribution is 5.23. The molecule has 1 aliphatic rings. The van der Waals surface area contributed by atoms with Gasteiger partial charge in [0, 0.05) is 27.2 Å². The number of anilines is 1. The summed E-state index contributed by atoms with van der Waals surface area (Å²) in [5.74, 6) is 1.24. The molecule has 1 saturated heterocycles. The van der Waals surface area contributed by atoms with Gasteiger partial charge in [0.05, 0.1) is 12.6 Å². The molecule has 1 fully saturated rings. The van der Waals surface area contributed by atoms with Gasteiger partial charge in [0.15, 0.2) is 0 Å². The number of piperidine rings is 1. The molecule has 1 N–H and O–H groups in total. The van der Waals surface area contributed by atoms with Crippen LogP contribution in [0.1, 0.15) is 18.7 Å². The van der Waals surface area contributed by atoms with Crippen LogP contribution in [0.3, 0.4) is 0 Å². The van der Waals surface area contributed by atoms with Gasteiger partial charge in [0.2, 0.25) is 5.89 Å². The Morgan fingerprint density at radius 1 is 1.44 bits per heavy atom. The summed E-state index contributed by atoms with van der Waals surface area (Å²) >= 11 is 0.